The Hall–Kier alpha value is -1.14. The number of nitrogens with one attached hydrogen (secondary N) is 2. The van der Waals surface area contributed by atoms with E-state index >= 15 is 0 Å². The summed E-state index contributed by atoms with van der Waals surface area (Å²) in [5.74, 6) is 0.184. The molecule has 166 valence electrons. The molecule has 0 aromatic heterocycles. The first-order chi connectivity index (χ1) is 13.7. The van der Waals surface area contributed by atoms with Crippen molar-refractivity contribution in [1.29, 1.82) is 0 Å². The van der Waals surface area contributed by atoms with E-state index in [2.05, 4.69) is 29.4 Å². The summed E-state index contributed by atoms with van der Waals surface area (Å²) >= 11 is 0. The lowest BCUT2D eigenvalue weighted by Crippen LogP contribution is -2.58. The van der Waals surface area contributed by atoms with Crippen molar-refractivity contribution in [1.82, 2.24) is 15.5 Å². The maximum absolute atomic E-state index is 12.8. The van der Waals surface area contributed by atoms with Gasteiger partial charge in [0.2, 0.25) is 11.8 Å². The summed E-state index contributed by atoms with van der Waals surface area (Å²) < 4.78 is 0. The Morgan fingerprint density at radius 3 is 2.52 bits per heavy atom. The highest BCUT2D eigenvalue weighted by Gasteiger charge is 2.53. The van der Waals surface area contributed by atoms with Crippen molar-refractivity contribution in [3.05, 3.63) is 0 Å². The van der Waals surface area contributed by atoms with E-state index in [0.717, 1.165) is 45.3 Å². The molecule has 2 saturated carbocycles. The molecule has 6 nitrogen and oxygen atoms in total. The van der Waals surface area contributed by atoms with Crippen LogP contribution < -0.4 is 10.6 Å². The highest BCUT2D eigenvalue weighted by Crippen LogP contribution is 2.55. The Labute approximate surface area is 176 Å². The van der Waals surface area contributed by atoms with Crippen LogP contribution >= 0.6 is 0 Å². The average Bonchev–Trinajstić information content (AvgIpc) is 3.17. The van der Waals surface area contributed by atoms with Crippen LogP contribution in [0.1, 0.15) is 66.2 Å². The molecule has 7 atom stereocenters. The summed E-state index contributed by atoms with van der Waals surface area (Å²) in [6.45, 7) is 11.9. The van der Waals surface area contributed by atoms with E-state index < -0.39 is 6.10 Å². The van der Waals surface area contributed by atoms with Gasteiger partial charge < -0.3 is 20.6 Å². The van der Waals surface area contributed by atoms with Crippen molar-refractivity contribution in [3.8, 4) is 0 Å². The maximum atomic E-state index is 12.8. The van der Waals surface area contributed by atoms with Crippen LogP contribution in [0.5, 0.6) is 0 Å². The van der Waals surface area contributed by atoms with E-state index in [4.69, 9.17) is 0 Å². The van der Waals surface area contributed by atoms with Crippen molar-refractivity contribution in [2.75, 3.05) is 26.2 Å². The fraction of sp³-hybridized carbons (Fsp3) is 0.913. The molecule has 2 amide bonds. The number of carbonyl (C=O) groups is 2. The Morgan fingerprint density at radius 2 is 1.86 bits per heavy atom. The van der Waals surface area contributed by atoms with Crippen LogP contribution in [0.3, 0.4) is 0 Å². The smallest absolute Gasteiger partial charge is 0.223 e. The van der Waals surface area contributed by atoms with Crippen molar-refractivity contribution >= 4 is 11.8 Å². The lowest BCUT2D eigenvalue weighted by molar-refractivity contribution is -0.143. The molecule has 3 aliphatic rings. The molecule has 2 aliphatic carbocycles. The molecule has 1 aliphatic heterocycles. The number of hydrogen-bond donors (Lipinski definition) is 3. The number of likely N-dealkylation sites (tertiary alicyclic amines) is 1. The van der Waals surface area contributed by atoms with Crippen molar-refractivity contribution in [2.45, 2.75) is 78.4 Å². The van der Waals surface area contributed by atoms with Gasteiger partial charge in [0.1, 0.15) is 0 Å². The van der Waals surface area contributed by atoms with Gasteiger partial charge in [0.05, 0.1) is 6.10 Å². The van der Waals surface area contributed by atoms with Crippen molar-refractivity contribution < 1.29 is 14.7 Å². The topological polar surface area (TPSA) is 81.7 Å². The van der Waals surface area contributed by atoms with Gasteiger partial charge in [-0.1, -0.05) is 20.8 Å². The molecule has 29 heavy (non-hydrogen) atoms. The molecule has 0 aromatic rings. The van der Waals surface area contributed by atoms with E-state index in [-0.39, 0.29) is 46.9 Å². The molecule has 1 saturated heterocycles. The number of amides is 2. The summed E-state index contributed by atoms with van der Waals surface area (Å²) in [7, 11) is 0. The Bertz CT molecular complexity index is 592. The van der Waals surface area contributed by atoms with Crippen LogP contribution in [0.2, 0.25) is 0 Å². The van der Waals surface area contributed by atoms with Gasteiger partial charge in [-0.05, 0) is 74.8 Å². The van der Waals surface area contributed by atoms with Crippen LogP contribution in [0, 0.1) is 29.1 Å². The predicted octanol–water partition coefficient (Wildman–Crippen LogP) is 2.16. The molecular formula is C23H41N3O3. The molecule has 0 aromatic carbocycles. The molecular weight excluding hydrogens is 366 g/mol. The Balaban J connectivity index is 1.60. The summed E-state index contributed by atoms with van der Waals surface area (Å²) in [6.07, 6.45) is 5.95. The Kier molecular flexibility index (Phi) is 7.26. The zero-order valence-electron chi connectivity index (χ0n) is 18.7. The van der Waals surface area contributed by atoms with Crippen LogP contribution in [0.25, 0.3) is 0 Å². The van der Waals surface area contributed by atoms with Crippen LogP contribution in [0.4, 0.5) is 0 Å². The van der Waals surface area contributed by atoms with Gasteiger partial charge in [-0.25, -0.2) is 0 Å². The standard InChI is InChI=1S/C23H41N3O3/c1-15(22(29)24-11-14-26-12-5-6-13-26)18-7-9-23(4)10-8-19(25-17(3)27)16(2)20(23)21(18)28/h15-16,18-21,28H,5-14H2,1-4H3,(H,24,29)(H,25,27)/t15-,16+,18-,19-,20+,21-,23-/m0/s1. The highest BCUT2D eigenvalue weighted by atomic mass is 16.3. The van der Waals surface area contributed by atoms with Gasteiger partial charge in [-0.3, -0.25) is 9.59 Å². The van der Waals surface area contributed by atoms with Crippen LogP contribution in [0.15, 0.2) is 0 Å². The van der Waals surface area contributed by atoms with Gasteiger partial charge in [0.25, 0.3) is 0 Å². The number of aliphatic hydroxyl groups excluding tert-OH is 1. The minimum absolute atomic E-state index is 0.00181. The normalized spacial score (nSPS) is 38.9. The molecule has 0 unspecified atom stereocenters. The zero-order chi connectivity index (χ0) is 21.2. The first kappa shape index (κ1) is 22.5. The molecule has 3 rings (SSSR count). The second kappa shape index (κ2) is 9.34. The van der Waals surface area contributed by atoms with Gasteiger partial charge >= 0.3 is 0 Å². The first-order valence-corrected chi connectivity index (χ1v) is 11.7. The fourth-order valence-corrected chi connectivity index (χ4v) is 6.46. The second-order valence-electron chi connectivity index (χ2n) is 10.2. The van der Waals surface area contributed by atoms with E-state index in [0.29, 0.717) is 6.54 Å². The van der Waals surface area contributed by atoms with E-state index in [9.17, 15) is 14.7 Å². The SMILES string of the molecule is CC(=O)N[C@H]1CC[C@]2(C)CC[C@@H]([C@H](C)C(=O)NCCN3CCCC3)[C@H](O)[C@H]2[C@@H]1C. The number of nitrogens with zero attached hydrogens (tertiary/aromatic N) is 1. The number of fused-ring (bicyclic) bond motifs is 1. The molecule has 0 radical (unpaired) electrons. The monoisotopic (exact) mass is 407 g/mol. The van der Waals surface area contributed by atoms with E-state index in [1.54, 1.807) is 6.92 Å². The van der Waals surface area contributed by atoms with Gasteiger partial charge in [-0.15, -0.1) is 0 Å². The second-order valence-corrected chi connectivity index (χ2v) is 10.2. The fourth-order valence-electron chi connectivity index (χ4n) is 6.46. The van der Waals surface area contributed by atoms with Crippen LogP contribution in [-0.4, -0.2) is 60.1 Å². The van der Waals surface area contributed by atoms with Crippen molar-refractivity contribution in [2.24, 2.45) is 29.1 Å². The van der Waals surface area contributed by atoms with Gasteiger partial charge in [-0.2, -0.15) is 0 Å². The van der Waals surface area contributed by atoms with Crippen LogP contribution in [-0.2, 0) is 9.59 Å². The lowest BCUT2D eigenvalue weighted by Gasteiger charge is -2.56. The molecule has 1 heterocycles. The number of rotatable bonds is 6. The molecule has 0 spiro atoms. The zero-order valence-corrected chi connectivity index (χ0v) is 18.7. The summed E-state index contributed by atoms with van der Waals surface area (Å²) in [5.41, 5.74) is 0.0935. The third-order valence-electron chi connectivity index (χ3n) is 8.26. The minimum atomic E-state index is -0.500. The third kappa shape index (κ3) is 4.96. The average molecular weight is 408 g/mol. The lowest BCUT2D eigenvalue weighted by atomic mass is 9.51. The van der Waals surface area contributed by atoms with Gasteiger partial charge in [0.15, 0.2) is 0 Å². The molecule has 6 heteroatoms. The van der Waals surface area contributed by atoms with E-state index in [1.165, 1.54) is 12.8 Å². The third-order valence-corrected chi connectivity index (χ3v) is 8.26. The summed E-state index contributed by atoms with van der Waals surface area (Å²) in [6, 6.07) is 0.114. The first-order valence-electron chi connectivity index (χ1n) is 11.7. The number of aliphatic hydroxyl groups is 1. The number of hydrogen-bond acceptors (Lipinski definition) is 4. The highest BCUT2D eigenvalue weighted by molar-refractivity contribution is 5.78. The minimum Gasteiger partial charge on any atom is -0.392 e. The van der Waals surface area contributed by atoms with E-state index in [1.807, 2.05) is 6.92 Å². The molecule has 0 bridgehead atoms. The van der Waals surface area contributed by atoms with Crippen molar-refractivity contribution in [3.63, 3.8) is 0 Å². The number of carbonyl (C=O) groups excluding carboxylic acids is 2. The quantitative estimate of drug-likeness (QED) is 0.630. The van der Waals surface area contributed by atoms with Gasteiger partial charge in [0, 0.05) is 32.0 Å². The maximum Gasteiger partial charge on any atom is 0.223 e. The Morgan fingerprint density at radius 1 is 1.21 bits per heavy atom. The summed E-state index contributed by atoms with van der Waals surface area (Å²) in [4.78, 5) is 26.8. The summed E-state index contributed by atoms with van der Waals surface area (Å²) in [5, 5.41) is 17.6. The predicted molar refractivity (Wildman–Crippen MR) is 114 cm³/mol. The largest absolute Gasteiger partial charge is 0.392 e. The molecule has 3 N–H and O–H groups in total. The molecule has 3 fully saturated rings.